The Morgan fingerprint density at radius 1 is 1.39 bits per heavy atom. The van der Waals surface area contributed by atoms with Gasteiger partial charge in [-0.1, -0.05) is 17.7 Å². The van der Waals surface area contributed by atoms with Crippen LogP contribution in [0.25, 0.3) is 5.57 Å². The highest BCUT2D eigenvalue weighted by Gasteiger charge is 2.30. The van der Waals surface area contributed by atoms with E-state index in [0.29, 0.717) is 10.6 Å². The molecule has 0 saturated carbocycles. The molecule has 3 heteroatoms. The van der Waals surface area contributed by atoms with Crippen LogP contribution >= 0.6 is 11.6 Å². The van der Waals surface area contributed by atoms with Gasteiger partial charge in [0.1, 0.15) is 6.07 Å². The van der Waals surface area contributed by atoms with Crippen LogP contribution in [0.15, 0.2) is 18.2 Å². The van der Waals surface area contributed by atoms with Gasteiger partial charge >= 0.3 is 0 Å². The van der Waals surface area contributed by atoms with Crippen LogP contribution in [0.2, 0.25) is 5.02 Å². The van der Waals surface area contributed by atoms with E-state index in [1.54, 1.807) is 0 Å². The molecule has 0 aliphatic carbocycles. The highest BCUT2D eigenvalue weighted by Crippen LogP contribution is 2.40. The third-order valence-electron chi connectivity index (χ3n) is 3.50. The number of hydrogen-bond donors (Lipinski definition) is 0. The molecule has 2 nitrogen and oxygen atoms in total. The third-order valence-corrected chi connectivity index (χ3v) is 3.82. The molecule has 1 aromatic carbocycles. The van der Waals surface area contributed by atoms with Crippen molar-refractivity contribution in [2.45, 2.75) is 33.2 Å². The zero-order chi connectivity index (χ0) is 13.5. The van der Waals surface area contributed by atoms with Gasteiger partial charge in [0.05, 0.1) is 16.1 Å². The van der Waals surface area contributed by atoms with Gasteiger partial charge in [-0.2, -0.15) is 5.26 Å². The van der Waals surface area contributed by atoms with Gasteiger partial charge in [-0.25, -0.2) is 0 Å². The van der Waals surface area contributed by atoms with Crippen LogP contribution in [0.5, 0.6) is 0 Å². The summed E-state index contributed by atoms with van der Waals surface area (Å²) >= 11 is 6.16. The predicted molar refractivity (Wildman–Crippen MR) is 76.9 cm³/mol. The number of nitrogens with zero attached hydrogens (tertiary/aromatic N) is 2. The summed E-state index contributed by atoms with van der Waals surface area (Å²) in [6, 6.07) is 5.95. The lowest BCUT2D eigenvalue weighted by Crippen LogP contribution is -2.44. The van der Waals surface area contributed by atoms with Gasteiger partial charge in [-0.3, -0.25) is 0 Å². The third kappa shape index (κ3) is 1.89. The second-order valence-corrected chi connectivity index (χ2v) is 5.59. The molecule has 0 N–H and O–H groups in total. The second kappa shape index (κ2) is 4.33. The number of hydrogen-bond acceptors (Lipinski definition) is 2. The van der Waals surface area contributed by atoms with E-state index in [0.717, 1.165) is 17.8 Å². The van der Waals surface area contributed by atoms with Crippen molar-refractivity contribution in [3.63, 3.8) is 0 Å². The molecule has 0 fully saturated rings. The predicted octanol–water partition coefficient (Wildman–Crippen LogP) is 4.23. The van der Waals surface area contributed by atoms with Gasteiger partial charge in [-0.15, -0.1) is 0 Å². The summed E-state index contributed by atoms with van der Waals surface area (Å²) in [7, 11) is 0. The first-order chi connectivity index (χ1) is 8.40. The highest BCUT2D eigenvalue weighted by molar-refractivity contribution is 6.32. The van der Waals surface area contributed by atoms with E-state index < -0.39 is 0 Å². The maximum atomic E-state index is 9.06. The molecule has 2 rings (SSSR count). The fourth-order valence-electron chi connectivity index (χ4n) is 2.76. The normalized spacial score (nSPS) is 16.9. The monoisotopic (exact) mass is 260 g/mol. The van der Waals surface area contributed by atoms with Crippen LogP contribution in [-0.4, -0.2) is 12.1 Å². The summed E-state index contributed by atoms with van der Waals surface area (Å²) in [4.78, 5) is 2.31. The Morgan fingerprint density at radius 2 is 2.06 bits per heavy atom. The Balaban J connectivity index is 2.71. The molecular weight excluding hydrogens is 244 g/mol. The minimum absolute atomic E-state index is 0.0245. The Hall–Kier alpha value is -1.46. The largest absolute Gasteiger partial charge is 0.363 e. The summed E-state index contributed by atoms with van der Waals surface area (Å²) < 4.78 is 0. The molecular formula is C15H17ClN2. The van der Waals surface area contributed by atoms with Crippen molar-refractivity contribution < 1.29 is 0 Å². The smallest absolute Gasteiger partial charge is 0.101 e. The number of halogens is 1. The van der Waals surface area contributed by atoms with Crippen LogP contribution in [0.4, 0.5) is 5.69 Å². The number of likely N-dealkylation sites (N-methyl/N-ethyl adjacent to an activating group) is 1. The molecule has 0 amide bonds. The van der Waals surface area contributed by atoms with E-state index in [-0.39, 0.29) is 5.54 Å². The number of allylic oxidation sites excluding steroid dienone is 1. The van der Waals surface area contributed by atoms with Gasteiger partial charge in [0, 0.05) is 17.8 Å². The first kappa shape index (κ1) is 13.0. The maximum Gasteiger partial charge on any atom is 0.101 e. The quantitative estimate of drug-likeness (QED) is 0.755. The van der Waals surface area contributed by atoms with Crippen LogP contribution < -0.4 is 4.90 Å². The summed E-state index contributed by atoms with van der Waals surface area (Å²) in [6.45, 7) is 9.50. The minimum Gasteiger partial charge on any atom is -0.363 e. The Kier molecular flexibility index (Phi) is 3.12. The topological polar surface area (TPSA) is 27.0 Å². The molecule has 0 unspecified atom stereocenters. The zero-order valence-electron chi connectivity index (χ0n) is 11.2. The van der Waals surface area contributed by atoms with Crippen molar-refractivity contribution in [2.24, 2.45) is 0 Å². The molecule has 1 heterocycles. The summed E-state index contributed by atoms with van der Waals surface area (Å²) in [6.07, 6.45) is 2.24. The first-order valence-electron chi connectivity index (χ1n) is 6.12. The Labute approximate surface area is 113 Å². The van der Waals surface area contributed by atoms with Gasteiger partial charge in [-0.05, 0) is 45.4 Å². The Bertz CT molecular complexity index is 565. The molecule has 1 aliphatic heterocycles. The van der Waals surface area contributed by atoms with Gasteiger partial charge < -0.3 is 4.90 Å². The van der Waals surface area contributed by atoms with Crippen molar-refractivity contribution in [1.82, 2.24) is 0 Å². The molecule has 0 aromatic heterocycles. The van der Waals surface area contributed by atoms with E-state index in [2.05, 4.69) is 44.7 Å². The summed E-state index contributed by atoms with van der Waals surface area (Å²) in [5.41, 5.74) is 3.94. The van der Waals surface area contributed by atoms with E-state index in [9.17, 15) is 0 Å². The van der Waals surface area contributed by atoms with Gasteiger partial charge in [0.25, 0.3) is 0 Å². The number of benzene rings is 1. The van der Waals surface area contributed by atoms with Crippen molar-refractivity contribution >= 4 is 22.9 Å². The van der Waals surface area contributed by atoms with E-state index in [4.69, 9.17) is 16.9 Å². The van der Waals surface area contributed by atoms with Crippen LogP contribution in [0.3, 0.4) is 0 Å². The first-order valence-corrected chi connectivity index (χ1v) is 6.49. The van der Waals surface area contributed by atoms with Gasteiger partial charge in [0.15, 0.2) is 0 Å². The lowest BCUT2D eigenvalue weighted by molar-refractivity contribution is 0.566. The average Bonchev–Trinajstić information content (AvgIpc) is 2.27. The minimum atomic E-state index is -0.0245. The number of fused-ring (bicyclic) bond motifs is 1. The lowest BCUT2D eigenvalue weighted by atomic mass is 9.88. The van der Waals surface area contributed by atoms with Crippen molar-refractivity contribution in [3.05, 3.63) is 34.4 Å². The molecule has 0 saturated heterocycles. The van der Waals surface area contributed by atoms with Crippen molar-refractivity contribution in [3.8, 4) is 6.07 Å². The summed E-state index contributed by atoms with van der Waals surface area (Å²) in [5, 5.41) is 9.59. The average molecular weight is 261 g/mol. The van der Waals surface area contributed by atoms with Crippen molar-refractivity contribution in [2.75, 3.05) is 11.4 Å². The number of anilines is 1. The van der Waals surface area contributed by atoms with Crippen LogP contribution in [-0.2, 0) is 0 Å². The fraction of sp³-hybridized carbons (Fsp3) is 0.400. The maximum absolute atomic E-state index is 9.06. The standard InChI is InChI=1S/C15H17ClN2/c1-5-18-14-7-13(16)11(9-17)6-12(14)10(2)8-15(18,3)4/h6-8H,5H2,1-4H3. The molecule has 1 aliphatic rings. The van der Waals surface area contributed by atoms with E-state index >= 15 is 0 Å². The molecule has 0 atom stereocenters. The molecule has 18 heavy (non-hydrogen) atoms. The molecule has 1 aromatic rings. The number of nitriles is 1. The van der Waals surface area contributed by atoms with Crippen molar-refractivity contribution in [1.29, 1.82) is 5.26 Å². The fourth-order valence-corrected chi connectivity index (χ4v) is 2.96. The molecule has 0 radical (unpaired) electrons. The SMILES string of the molecule is CCN1c2cc(Cl)c(C#N)cc2C(C)=CC1(C)C. The molecule has 0 bridgehead atoms. The van der Waals surface area contributed by atoms with Crippen LogP contribution in [0.1, 0.15) is 38.8 Å². The number of rotatable bonds is 1. The molecule has 94 valence electrons. The zero-order valence-corrected chi connectivity index (χ0v) is 12.0. The highest BCUT2D eigenvalue weighted by atomic mass is 35.5. The molecule has 0 spiro atoms. The second-order valence-electron chi connectivity index (χ2n) is 5.19. The Morgan fingerprint density at radius 3 is 2.61 bits per heavy atom. The van der Waals surface area contributed by atoms with Gasteiger partial charge in [0.2, 0.25) is 0 Å². The van der Waals surface area contributed by atoms with E-state index in [1.807, 2.05) is 12.1 Å². The van der Waals surface area contributed by atoms with Crippen LogP contribution in [0, 0.1) is 11.3 Å². The lowest BCUT2D eigenvalue weighted by Gasteiger charge is -2.42. The van der Waals surface area contributed by atoms with E-state index in [1.165, 1.54) is 5.57 Å². The summed E-state index contributed by atoms with van der Waals surface area (Å²) in [5.74, 6) is 0.